The van der Waals surface area contributed by atoms with Crippen LogP contribution in [-0.4, -0.2) is 34.3 Å². The Morgan fingerprint density at radius 2 is 1.62 bits per heavy atom. The number of ether oxygens (including phenoxy) is 1. The predicted molar refractivity (Wildman–Crippen MR) is 87.3 cm³/mol. The van der Waals surface area contributed by atoms with E-state index in [1.165, 1.54) is 0 Å². The predicted octanol–water partition coefficient (Wildman–Crippen LogP) is 3.96. The number of halogens is 1. The van der Waals surface area contributed by atoms with Gasteiger partial charge in [-0.1, -0.05) is 25.4 Å². The Morgan fingerprint density at radius 3 is 2.10 bits per heavy atom. The second kappa shape index (κ2) is 5.40. The molecule has 0 N–H and O–H groups in total. The lowest BCUT2D eigenvalue weighted by Crippen LogP contribution is -2.57. The highest BCUT2D eigenvalue weighted by Gasteiger charge is 2.39. The van der Waals surface area contributed by atoms with Crippen LogP contribution in [-0.2, 0) is 4.74 Å². The minimum Gasteiger partial charge on any atom is -0.366 e. The number of nitrogens with zero attached hydrogens (tertiary/aromatic N) is 3. The molecule has 5 heteroatoms. The fraction of sp³-hybridized carbons (Fsp3) is 0.750. The van der Waals surface area contributed by atoms with Crippen LogP contribution >= 0.6 is 11.6 Å². The zero-order valence-corrected chi connectivity index (χ0v) is 14.9. The van der Waals surface area contributed by atoms with E-state index in [-0.39, 0.29) is 17.1 Å². The van der Waals surface area contributed by atoms with E-state index in [0.717, 1.165) is 30.3 Å². The maximum Gasteiger partial charge on any atom is 0.137 e. The van der Waals surface area contributed by atoms with Gasteiger partial charge in [-0.2, -0.15) is 0 Å². The summed E-state index contributed by atoms with van der Waals surface area (Å²) in [5.41, 5.74) is 0.502. The summed E-state index contributed by atoms with van der Waals surface area (Å²) in [6.45, 7) is 16.2. The van der Waals surface area contributed by atoms with E-state index < -0.39 is 0 Å². The van der Waals surface area contributed by atoms with Crippen LogP contribution in [0.2, 0.25) is 5.15 Å². The first kappa shape index (κ1) is 16.5. The Morgan fingerprint density at radius 1 is 1.10 bits per heavy atom. The second-order valence-electron chi connectivity index (χ2n) is 7.45. The molecular weight excluding hydrogens is 286 g/mol. The molecule has 2 rings (SSSR count). The van der Waals surface area contributed by atoms with Crippen molar-refractivity contribution in [1.82, 2.24) is 9.97 Å². The molecule has 118 valence electrons. The van der Waals surface area contributed by atoms with Crippen LogP contribution in [0.4, 0.5) is 5.82 Å². The molecular formula is C16H26ClN3O. The number of rotatable bonds is 2. The molecule has 0 radical (unpaired) electrons. The summed E-state index contributed by atoms with van der Waals surface area (Å²) in [4.78, 5) is 11.4. The molecule has 1 aliphatic heterocycles. The van der Waals surface area contributed by atoms with Gasteiger partial charge in [0.25, 0.3) is 0 Å². The minimum absolute atomic E-state index is 0.219. The normalized spacial score (nSPS) is 20.9. The molecule has 1 aromatic heterocycles. The van der Waals surface area contributed by atoms with Crippen molar-refractivity contribution in [3.05, 3.63) is 16.5 Å². The molecule has 1 saturated heterocycles. The van der Waals surface area contributed by atoms with Crippen molar-refractivity contribution >= 4 is 17.4 Å². The van der Waals surface area contributed by atoms with E-state index in [0.29, 0.717) is 5.15 Å². The van der Waals surface area contributed by atoms with Crippen molar-refractivity contribution in [2.24, 2.45) is 0 Å². The van der Waals surface area contributed by atoms with E-state index in [4.69, 9.17) is 21.3 Å². The molecule has 21 heavy (non-hydrogen) atoms. The van der Waals surface area contributed by atoms with Gasteiger partial charge in [-0.25, -0.2) is 9.97 Å². The standard InChI is InChI=1S/C16H26ClN3O/c1-10(2)13-18-12(17)11(3)14(19-13)20-8-15(4,5)21-16(6,7)9-20/h10H,8-9H2,1-7H3. The van der Waals surface area contributed by atoms with E-state index in [1.807, 2.05) is 6.92 Å². The average molecular weight is 312 g/mol. The zero-order valence-electron chi connectivity index (χ0n) is 14.1. The fourth-order valence-corrected chi connectivity index (χ4v) is 3.17. The van der Waals surface area contributed by atoms with Gasteiger partial charge in [-0.3, -0.25) is 0 Å². The molecule has 1 fully saturated rings. The van der Waals surface area contributed by atoms with E-state index in [2.05, 4.69) is 51.4 Å². The van der Waals surface area contributed by atoms with E-state index >= 15 is 0 Å². The van der Waals surface area contributed by atoms with E-state index in [9.17, 15) is 0 Å². The van der Waals surface area contributed by atoms with Gasteiger partial charge < -0.3 is 9.64 Å². The van der Waals surface area contributed by atoms with Crippen molar-refractivity contribution in [3.8, 4) is 0 Å². The highest BCUT2D eigenvalue weighted by Crippen LogP contribution is 2.34. The molecule has 0 atom stereocenters. The minimum atomic E-state index is -0.219. The van der Waals surface area contributed by atoms with Gasteiger partial charge in [0.05, 0.1) is 11.2 Å². The molecule has 0 unspecified atom stereocenters. The highest BCUT2D eigenvalue weighted by molar-refractivity contribution is 6.30. The molecule has 4 nitrogen and oxygen atoms in total. The van der Waals surface area contributed by atoms with Gasteiger partial charge >= 0.3 is 0 Å². The van der Waals surface area contributed by atoms with Crippen molar-refractivity contribution < 1.29 is 4.74 Å². The summed E-state index contributed by atoms with van der Waals surface area (Å²) in [6.07, 6.45) is 0. The molecule has 0 bridgehead atoms. The Balaban J connectivity index is 2.45. The quantitative estimate of drug-likeness (QED) is 0.775. The van der Waals surface area contributed by atoms with Crippen LogP contribution < -0.4 is 4.90 Å². The third-order valence-corrected chi connectivity index (χ3v) is 3.96. The molecule has 0 aliphatic carbocycles. The highest BCUT2D eigenvalue weighted by atomic mass is 35.5. The Hall–Kier alpha value is -0.870. The Kier molecular flexibility index (Phi) is 4.24. The second-order valence-corrected chi connectivity index (χ2v) is 7.81. The number of hydrogen-bond acceptors (Lipinski definition) is 4. The van der Waals surface area contributed by atoms with Crippen LogP contribution in [0.5, 0.6) is 0 Å². The molecule has 0 spiro atoms. The van der Waals surface area contributed by atoms with Crippen molar-refractivity contribution in [1.29, 1.82) is 0 Å². The molecule has 0 saturated carbocycles. The number of anilines is 1. The fourth-order valence-electron chi connectivity index (χ4n) is 3.00. The maximum atomic E-state index is 6.32. The smallest absolute Gasteiger partial charge is 0.137 e. The first-order chi connectivity index (χ1) is 9.51. The summed E-state index contributed by atoms with van der Waals surface area (Å²) in [5, 5.41) is 0.547. The monoisotopic (exact) mass is 311 g/mol. The van der Waals surface area contributed by atoms with Gasteiger partial charge in [-0.05, 0) is 34.6 Å². The number of aromatic nitrogens is 2. The van der Waals surface area contributed by atoms with Gasteiger partial charge in [0.2, 0.25) is 0 Å². The zero-order chi connectivity index (χ0) is 16.0. The lowest BCUT2D eigenvalue weighted by atomic mass is 9.98. The number of morpholine rings is 1. The Labute approximate surface area is 132 Å². The average Bonchev–Trinajstić information content (AvgIpc) is 2.27. The summed E-state index contributed by atoms with van der Waals surface area (Å²) in [6, 6.07) is 0. The van der Waals surface area contributed by atoms with Crippen molar-refractivity contribution in [2.45, 2.75) is 65.6 Å². The summed E-state index contributed by atoms with van der Waals surface area (Å²) in [5.74, 6) is 1.98. The lowest BCUT2D eigenvalue weighted by molar-refractivity contribution is -0.133. The van der Waals surface area contributed by atoms with Crippen LogP contribution in [0.15, 0.2) is 0 Å². The van der Waals surface area contributed by atoms with Gasteiger partial charge in [-0.15, -0.1) is 0 Å². The van der Waals surface area contributed by atoms with Crippen molar-refractivity contribution in [2.75, 3.05) is 18.0 Å². The largest absolute Gasteiger partial charge is 0.366 e. The number of hydrogen-bond donors (Lipinski definition) is 0. The molecule has 1 aliphatic rings. The third kappa shape index (κ3) is 3.67. The SMILES string of the molecule is Cc1c(Cl)nc(C(C)C)nc1N1CC(C)(C)OC(C)(C)C1. The van der Waals surface area contributed by atoms with Crippen LogP contribution in [0.3, 0.4) is 0 Å². The third-order valence-electron chi connectivity index (χ3n) is 3.59. The topological polar surface area (TPSA) is 38.2 Å². The summed E-state index contributed by atoms with van der Waals surface area (Å²) < 4.78 is 6.14. The molecule has 0 amide bonds. The molecule has 1 aromatic rings. The summed E-state index contributed by atoms with van der Waals surface area (Å²) >= 11 is 6.32. The maximum absolute atomic E-state index is 6.32. The first-order valence-corrected chi connectivity index (χ1v) is 7.88. The van der Waals surface area contributed by atoms with E-state index in [1.54, 1.807) is 0 Å². The van der Waals surface area contributed by atoms with Gasteiger partial charge in [0.1, 0.15) is 16.8 Å². The van der Waals surface area contributed by atoms with Gasteiger partial charge in [0.15, 0.2) is 0 Å². The molecule has 2 heterocycles. The van der Waals surface area contributed by atoms with Gasteiger partial charge in [0, 0.05) is 24.6 Å². The van der Waals surface area contributed by atoms with Crippen molar-refractivity contribution in [3.63, 3.8) is 0 Å². The van der Waals surface area contributed by atoms with Crippen LogP contribution in [0, 0.1) is 6.92 Å². The first-order valence-electron chi connectivity index (χ1n) is 7.50. The molecule has 0 aromatic carbocycles. The Bertz CT molecular complexity index is 525. The van der Waals surface area contributed by atoms with Crippen LogP contribution in [0.25, 0.3) is 0 Å². The lowest BCUT2D eigenvalue weighted by Gasteiger charge is -2.48. The summed E-state index contributed by atoms with van der Waals surface area (Å²) in [7, 11) is 0. The van der Waals surface area contributed by atoms with Crippen LogP contribution in [0.1, 0.15) is 58.8 Å².